The second-order valence-electron chi connectivity index (χ2n) is 5.59. The quantitative estimate of drug-likeness (QED) is 0.728. The highest BCUT2D eigenvalue weighted by Gasteiger charge is 2.24. The SMILES string of the molecule is COc1ccc(CC(=O)N(CCBr)C2CCCCC2)cc1. The molecular weight excluding hydrogens is 330 g/mol. The number of hydrogen-bond donors (Lipinski definition) is 0. The summed E-state index contributed by atoms with van der Waals surface area (Å²) in [4.78, 5) is 14.7. The molecule has 0 radical (unpaired) electrons. The number of benzene rings is 1. The molecule has 0 atom stereocenters. The zero-order valence-electron chi connectivity index (χ0n) is 12.7. The van der Waals surface area contributed by atoms with E-state index in [1.54, 1.807) is 7.11 Å². The predicted molar refractivity (Wildman–Crippen MR) is 89.1 cm³/mol. The van der Waals surface area contributed by atoms with Crippen LogP contribution < -0.4 is 4.74 Å². The minimum absolute atomic E-state index is 0.242. The molecule has 0 unspecified atom stereocenters. The predicted octanol–water partition coefficient (Wildman–Crippen LogP) is 3.79. The first-order valence-corrected chi connectivity index (χ1v) is 8.85. The van der Waals surface area contributed by atoms with Crippen LogP contribution >= 0.6 is 15.9 Å². The molecule has 1 amide bonds. The lowest BCUT2D eigenvalue weighted by Crippen LogP contribution is -2.43. The van der Waals surface area contributed by atoms with Gasteiger partial charge in [0.25, 0.3) is 0 Å². The molecule has 0 aromatic heterocycles. The fourth-order valence-corrected chi connectivity index (χ4v) is 3.40. The monoisotopic (exact) mass is 353 g/mol. The van der Waals surface area contributed by atoms with E-state index in [-0.39, 0.29) is 5.91 Å². The number of rotatable bonds is 6. The molecule has 0 saturated heterocycles. The van der Waals surface area contributed by atoms with Gasteiger partial charge in [0, 0.05) is 17.9 Å². The van der Waals surface area contributed by atoms with Crippen LogP contribution in [0.2, 0.25) is 0 Å². The molecule has 0 heterocycles. The Hall–Kier alpha value is -1.03. The van der Waals surface area contributed by atoms with Gasteiger partial charge in [0.15, 0.2) is 0 Å². The van der Waals surface area contributed by atoms with E-state index in [4.69, 9.17) is 4.74 Å². The largest absolute Gasteiger partial charge is 0.497 e. The molecule has 0 spiro atoms. The summed E-state index contributed by atoms with van der Waals surface area (Å²) in [5.41, 5.74) is 1.05. The van der Waals surface area contributed by atoms with Crippen LogP contribution in [0.1, 0.15) is 37.7 Å². The summed E-state index contributed by atoms with van der Waals surface area (Å²) >= 11 is 3.48. The third-order valence-corrected chi connectivity index (χ3v) is 4.53. The highest BCUT2D eigenvalue weighted by molar-refractivity contribution is 9.09. The molecule has 1 aromatic rings. The van der Waals surface area contributed by atoms with Crippen LogP contribution in [-0.2, 0) is 11.2 Å². The molecular formula is C17H24BrNO2. The maximum absolute atomic E-state index is 12.6. The highest BCUT2D eigenvalue weighted by Crippen LogP contribution is 2.23. The highest BCUT2D eigenvalue weighted by atomic mass is 79.9. The smallest absolute Gasteiger partial charge is 0.227 e. The summed E-state index contributed by atoms with van der Waals surface area (Å²) in [5.74, 6) is 1.07. The summed E-state index contributed by atoms with van der Waals surface area (Å²) in [6, 6.07) is 8.21. The second-order valence-corrected chi connectivity index (χ2v) is 6.39. The minimum Gasteiger partial charge on any atom is -0.497 e. The van der Waals surface area contributed by atoms with E-state index in [1.165, 1.54) is 19.3 Å². The first-order valence-electron chi connectivity index (χ1n) is 7.73. The Kier molecular flexibility index (Phi) is 6.55. The van der Waals surface area contributed by atoms with Gasteiger partial charge in [0.2, 0.25) is 5.91 Å². The molecule has 4 heteroatoms. The third-order valence-electron chi connectivity index (χ3n) is 4.18. The normalized spacial score (nSPS) is 15.7. The van der Waals surface area contributed by atoms with E-state index in [0.717, 1.165) is 36.0 Å². The van der Waals surface area contributed by atoms with Crippen molar-refractivity contribution in [2.45, 2.75) is 44.6 Å². The summed E-state index contributed by atoms with van der Waals surface area (Å²) in [6.45, 7) is 0.805. The Labute approximate surface area is 135 Å². The number of hydrogen-bond acceptors (Lipinski definition) is 2. The molecule has 2 rings (SSSR count). The molecule has 1 saturated carbocycles. The number of amides is 1. The van der Waals surface area contributed by atoms with Gasteiger partial charge in [-0.05, 0) is 30.5 Å². The van der Waals surface area contributed by atoms with Crippen LogP contribution in [-0.4, -0.2) is 35.8 Å². The zero-order valence-corrected chi connectivity index (χ0v) is 14.3. The molecule has 0 aliphatic heterocycles. The average molecular weight is 354 g/mol. The number of ether oxygens (including phenoxy) is 1. The van der Waals surface area contributed by atoms with Crippen molar-refractivity contribution in [3.8, 4) is 5.75 Å². The summed E-state index contributed by atoms with van der Waals surface area (Å²) in [7, 11) is 1.65. The van der Waals surface area contributed by atoms with E-state index in [1.807, 2.05) is 24.3 Å². The molecule has 0 N–H and O–H groups in total. The van der Waals surface area contributed by atoms with Crippen molar-refractivity contribution in [1.29, 1.82) is 0 Å². The number of alkyl halides is 1. The van der Waals surface area contributed by atoms with Gasteiger partial charge in [-0.3, -0.25) is 4.79 Å². The molecule has 3 nitrogen and oxygen atoms in total. The third kappa shape index (κ3) is 4.73. The van der Waals surface area contributed by atoms with Crippen LogP contribution in [0.15, 0.2) is 24.3 Å². The van der Waals surface area contributed by atoms with Crippen molar-refractivity contribution in [3.05, 3.63) is 29.8 Å². The van der Waals surface area contributed by atoms with Gasteiger partial charge in [-0.2, -0.15) is 0 Å². The van der Waals surface area contributed by atoms with Crippen molar-refractivity contribution in [1.82, 2.24) is 4.90 Å². The lowest BCUT2D eigenvalue weighted by molar-refractivity contribution is -0.133. The van der Waals surface area contributed by atoms with Crippen molar-refractivity contribution in [2.24, 2.45) is 0 Å². The van der Waals surface area contributed by atoms with Crippen LogP contribution in [0.5, 0.6) is 5.75 Å². The Morgan fingerprint density at radius 3 is 2.48 bits per heavy atom. The van der Waals surface area contributed by atoms with Crippen LogP contribution in [0.3, 0.4) is 0 Å². The van der Waals surface area contributed by atoms with Crippen LogP contribution in [0, 0.1) is 0 Å². The van der Waals surface area contributed by atoms with Gasteiger partial charge in [-0.15, -0.1) is 0 Å². The Morgan fingerprint density at radius 2 is 1.90 bits per heavy atom. The molecule has 116 valence electrons. The molecule has 0 bridgehead atoms. The maximum atomic E-state index is 12.6. The summed E-state index contributed by atoms with van der Waals surface area (Å²) in [6.07, 6.45) is 6.60. The fraction of sp³-hybridized carbons (Fsp3) is 0.588. The average Bonchev–Trinajstić information content (AvgIpc) is 2.54. The first kappa shape index (κ1) is 16.3. The summed E-state index contributed by atoms with van der Waals surface area (Å²) < 4.78 is 5.15. The summed E-state index contributed by atoms with van der Waals surface area (Å²) in [5, 5.41) is 0.845. The molecule has 1 fully saturated rings. The van der Waals surface area contributed by atoms with Gasteiger partial charge in [0.1, 0.15) is 5.75 Å². The van der Waals surface area contributed by atoms with Crippen LogP contribution in [0.4, 0.5) is 0 Å². The Balaban J connectivity index is 1.99. The molecule has 1 aliphatic rings. The van der Waals surface area contributed by atoms with Crippen molar-refractivity contribution >= 4 is 21.8 Å². The Morgan fingerprint density at radius 1 is 1.24 bits per heavy atom. The van der Waals surface area contributed by atoms with Gasteiger partial charge in [-0.1, -0.05) is 47.3 Å². The number of methoxy groups -OCH3 is 1. The standard InChI is InChI=1S/C17H24BrNO2/c1-21-16-9-7-14(8-10-16)13-17(20)19(12-11-18)15-5-3-2-4-6-15/h7-10,15H,2-6,11-13H2,1H3. The van der Waals surface area contributed by atoms with Gasteiger partial charge >= 0.3 is 0 Å². The Bertz CT molecular complexity index is 441. The molecule has 1 aromatic carbocycles. The zero-order chi connectivity index (χ0) is 15.1. The van der Waals surface area contributed by atoms with Gasteiger partial charge in [0.05, 0.1) is 13.5 Å². The topological polar surface area (TPSA) is 29.5 Å². The lowest BCUT2D eigenvalue weighted by atomic mass is 9.93. The van der Waals surface area contributed by atoms with E-state index in [2.05, 4.69) is 20.8 Å². The number of halogens is 1. The van der Waals surface area contributed by atoms with E-state index in [0.29, 0.717) is 12.5 Å². The van der Waals surface area contributed by atoms with E-state index in [9.17, 15) is 4.79 Å². The second kappa shape index (κ2) is 8.42. The van der Waals surface area contributed by atoms with Gasteiger partial charge in [-0.25, -0.2) is 0 Å². The molecule has 21 heavy (non-hydrogen) atoms. The van der Waals surface area contributed by atoms with Crippen molar-refractivity contribution in [2.75, 3.05) is 19.0 Å². The number of nitrogens with zero attached hydrogens (tertiary/aromatic N) is 1. The number of carbonyl (C=O) groups is 1. The van der Waals surface area contributed by atoms with E-state index < -0.39 is 0 Å². The first-order chi connectivity index (χ1) is 10.2. The van der Waals surface area contributed by atoms with Crippen molar-refractivity contribution in [3.63, 3.8) is 0 Å². The van der Waals surface area contributed by atoms with Gasteiger partial charge < -0.3 is 9.64 Å². The fourth-order valence-electron chi connectivity index (χ4n) is 3.01. The molecule has 1 aliphatic carbocycles. The minimum atomic E-state index is 0.242. The van der Waals surface area contributed by atoms with Crippen molar-refractivity contribution < 1.29 is 9.53 Å². The maximum Gasteiger partial charge on any atom is 0.227 e. The van der Waals surface area contributed by atoms with Crippen LogP contribution in [0.25, 0.3) is 0 Å². The van der Waals surface area contributed by atoms with E-state index >= 15 is 0 Å². The lowest BCUT2D eigenvalue weighted by Gasteiger charge is -2.34. The number of carbonyl (C=O) groups excluding carboxylic acids is 1.